The third-order valence-electron chi connectivity index (χ3n) is 3.46. The van der Waals surface area contributed by atoms with Crippen molar-refractivity contribution in [3.05, 3.63) is 58.2 Å². The van der Waals surface area contributed by atoms with E-state index in [4.69, 9.17) is 4.74 Å². The SMILES string of the molecule is CC(=O)c1c(C)[nH]c(C(=O)COC(=O)c2cccc(F)c2)c1C. The van der Waals surface area contributed by atoms with Gasteiger partial charge in [-0.3, -0.25) is 9.59 Å². The number of carbonyl (C=O) groups is 3. The number of Topliss-reactive ketones (excluding diaryl/α,β-unsaturated/α-hetero) is 2. The van der Waals surface area contributed by atoms with E-state index in [1.54, 1.807) is 13.8 Å². The molecule has 1 heterocycles. The van der Waals surface area contributed by atoms with Gasteiger partial charge in [-0.05, 0) is 44.5 Å². The molecule has 0 aliphatic heterocycles. The zero-order valence-corrected chi connectivity index (χ0v) is 13.0. The van der Waals surface area contributed by atoms with Crippen molar-refractivity contribution >= 4 is 17.5 Å². The minimum atomic E-state index is -0.787. The Morgan fingerprint density at radius 3 is 2.48 bits per heavy atom. The lowest BCUT2D eigenvalue weighted by atomic mass is 10.1. The van der Waals surface area contributed by atoms with Crippen molar-refractivity contribution in [3.8, 4) is 0 Å². The molecule has 0 aliphatic carbocycles. The minimum absolute atomic E-state index is 0.0293. The molecule has 2 rings (SSSR count). The van der Waals surface area contributed by atoms with E-state index in [0.29, 0.717) is 16.8 Å². The van der Waals surface area contributed by atoms with E-state index in [1.165, 1.54) is 25.1 Å². The summed E-state index contributed by atoms with van der Waals surface area (Å²) < 4.78 is 18.0. The van der Waals surface area contributed by atoms with E-state index >= 15 is 0 Å². The standard InChI is InChI=1S/C17H16FNO4/c1-9-15(11(3)20)10(2)19-16(9)14(21)8-23-17(22)12-5-4-6-13(18)7-12/h4-7,19H,8H2,1-3H3. The average molecular weight is 317 g/mol. The molecule has 0 bridgehead atoms. The van der Waals surface area contributed by atoms with Crippen molar-refractivity contribution in [3.63, 3.8) is 0 Å². The molecule has 0 atom stereocenters. The number of ketones is 2. The topological polar surface area (TPSA) is 76.2 Å². The van der Waals surface area contributed by atoms with E-state index in [9.17, 15) is 18.8 Å². The van der Waals surface area contributed by atoms with Gasteiger partial charge in [0.1, 0.15) is 5.82 Å². The van der Waals surface area contributed by atoms with E-state index in [-0.39, 0.29) is 17.0 Å². The van der Waals surface area contributed by atoms with Gasteiger partial charge in [0.2, 0.25) is 5.78 Å². The fraction of sp³-hybridized carbons (Fsp3) is 0.235. The number of aromatic nitrogens is 1. The number of hydrogen-bond donors (Lipinski definition) is 1. The molecule has 0 aliphatic rings. The Bertz CT molecular complexity index is 792. The van der Waals surface area contributed by atoms with Gasteiger partial charge in [0.05, 0.1) is 11.3 Å². The summed E-state index contributed by atoms with van der Waals surface area (Å²) >= 11 is 0. The molecule has 0 spiro atoms. The fourth-order valence-electron chi connectivity index (χ4n) is 2.46. The van der Waals surface area contributed by atoms with Crippen molar-refractivity contribution in [2.45, 2.75) is 20.8 Å². The second kappa shape index (κ2) is 6.56. The number of aromatic amines is 1. The second-order valence-electron chi connectivity index (χ2n) is 5.19. The number of aryl methyl sites for hydroxylation is 1. The van der Waals surface area contributed by atoms with Gasteiger partial charge in [-0.15, -0.1) is 0 Å². The zero-order valence-electron chi connectivity index (χ0n) is 13.0. The van der Waals surface area contributed by atoms with E-state index in [0.717, 1.165) is 6.07 Å². The molecular formula is C17H16FNO4. The largest absolute Gasteiger partial charge is 0.454 e. The summed E-state index contributed by atoms with van der Waals surface area (Å²) in [5.74, 6) is -1.95. The zero-order chi connectivity index (χ0) is 17.1. The van der Waals surface area contributed by atoms with Crippen molar-refractivity contribution in [2.75, 3.05) is 6.61 Å². The van der Waals surface area contributed by atoms with Gasteiger partial charge in [-0.1, -0.05) is 6.07 Å². The van der Waals surface area contributed by atoms with Crippen LogP contribution < -0.4 is 0 Å². The van der Waals surface area contributed by atoms with Gasteiger partial charge < -0.3 is 9.72 Å². The van der Waals surface area contributed by atoms with Crippen molar-refractivity contribution in [1.82, 2.24) is 4.98 Å². The molecule has 120 valence electrons. The predicted molar refractivity (Wildman–Crippen MR) is 81.3 cm³/mol. The molecule has 1 aromatic carbocycles. The lowest BCUT2D eigenvalue weighted by molar-refractivity contribution is 0.0473. The number of hydrogen-bond acceptors (Lipinski definition) is 4. The van der Waals surface area contributed by atoms with Crippen LogP contribution in [0.4, 0.5) is 4.39 Å². The van der Waals surface area contributed by atoms with Gasteiger partial charge in [0.25, 0.3) is 0 Å². The Labute approximate surface area is 132 Å². The smallest absolute Gasteiger partial charge is 0.338 e. The molecule has 0 fully saturated rings. The molecule has 0 amide bonds. The maximum absolute atomic E-state index is 13.1. The van der Waals surface area contributed by atoms with Gasteiger partial charge in [-0.25, -0.2) is 9.18 Å². The molecule has 23 heavy (non-hydrogen) atoms. The van der Waals surface area contributed by atoms with Crippen LogP contribution in [0.3, 0.4) is 0 Å². The number of ether oxygens (including phenoxy) is 1. The Balaban J connectivity index is 2.10. The molecule has 6 heteroatoms. The van der Waals surface area contributed by atoms with Crippen LogP contribution in [-0.2, 0) is 4.74 Å². The first-order valence-electron chi connectivity index (χ1n) is 6.97. The molecule has 0 saturated heterocycles. The lowest BCUT2D eigenvalue weighted by Crippen LogP contribution is -2.15. The normalized spacial score (nSPS) is 10.4. The quantitative estimate of drug-likeness (QED) is 0.679. The Hall–Kier alpha value is -2.76. The minimum Gasteiger partial charge on any atom is -0.454 e. The van der Waals surface area contributed by atoms with Crippen LogP contribution >= 0.6 is 0 Å². The molecule has 0 radical (unpaired) electrons. The Morgan fingerprint density at radius 2 is 1.91 bits per heavy atom. The highest BCUT2D eigenvalue weighted by Gasteiger charge is 2.21. The molecule has 2 aromatic rings. The highest BCUT2D eigenvalue weighted by Crippen LogP contribution is 2.19. The van der Waals surface area contributed by atoms with E-state index < -0.39 is 24.2 Å². The van der Waals surface area contributed by atoms with Gasteiger partial charge in [0.15, 0.2) is 12.4 Å². The number of H-pyrrole nitrogens is 1. The maximum atomic E-state index is 13.1. The van der Waals surface area contributed by atoms with Gasteiger partial charge in [-0.2, -0.15) is 0 Å². The first-order valence-corrected chi connectivity index (χ1v) is 6.97. The van der Waals surface area contributed by atoms with Gasteiger partial charge >= 0.3 is 5.97 Å². The summed E-state index contributed by atoms with van der Waals surface area (Å²) in [5, 5.41) is 0. The summed E-state index contributed by atoms with van der Waals surface area (Å²) in [5.41, 5.74) is 1.85. The predicted octanol–water partition coefficient (Wildman–Crippen LogP) is 3.01. The third-order valence-corrected chi connectivity index (χ3v) is 3.46. The monoisotopic (exact) mass is 317 g/mol. The maximum Gasteiger partial charge on any atom is 0.338 e. The molecule has 5 nitrogen and oxygen atoms in total. The number of rotatable bonds is 5. The van der Waals surface area contributed by atoms with E-state index in [1.807, 2.05) is 0 Å². The number of halogens is 1. The van der Waals surface area contributed by atoms with Crippen LogP contribution in [-0.4, -0.2) is 29.1 Å². The van der Waals surface area contributed by atoms with Crippen LogP contribution in [0.25, 0.3) is 0 Å². The Morgan fingerprint density at radius 1 is 1.22 bits per heavy atom. The van der Waals surface area contributed by atoms with Crippen molar-refractivity contribution in [2.24, 2.45) is 0 Å². The average Bonchev–Trinajstić information content (AvgIpc) is 2.79. The van der Waals surface area contributed by atoms with Gasteiger partial charge in [0, 0.05) is 11.3 Å². The number of benzene rings is 1. The number of nitrogens with one attached hydrogen (secondary N) is 1. The Kier molecular flexibility index (Phi) is 4.74. The van der Waals surface area contributed by atoms with Crippen molar-refractivity contribution in [1.29, 1.82) is 0 Å². The summed E-state index contributed by atoms with van der Waals surface area (Å²) in [7, 11) is 0. The fourth-order valence-corrected chi connectivity index (χ4v) is 2.46. The summed E-state index contributed by atoms with van der Waals surface area (Å²) in [4.78, 5) is 38.4. The molecule has 1 aromatic heterocycles. The van der Waals surface area contributed by atoms with Crippen LogP contribution in [0.1, 0.15) is 49.4 Å². The highest BCUT2D eigenvalue weighted by atomic mass is 19.1. The van der Waals surface area contributed by atoms with Crippen LogP contribution in [0.15, 0.2) is 24.3 Å². The molecule has 1 N–H and O–H groups in total. The van der Waals surface area contributed by atoms with Crippen LogP contribution in [0.5, 0.6) is 0 Å². The second-order valence-corrected chi connectivity index (χ2v) is 5.19. The van der Waals surface area contributed by atoms with Crippen LogP contribution in [0.2, 0.25) is 0 Å². The van der Waals surface area contributed by atoms with E-state index in [2.05, 4.69) is 4.98 Å². The third kappa shape index (κ3) is 3.53. The molecular weight excluding hydrogens is 301 g/mol. The lowest BCUT2D eigenvalue weighted by Gasteiger charge is -2.04. The summed E-state index contributed by atoms with van der Waals surface area (Å²) in [6, 6.07) is 5.01. The summed E-state index contributed by atoms with van der Waals surface area (Å²) in [6.07, 6.45) is 0. The molecule has 0 saturated carbocycles. The van der Waals surface area contributed by atoms with Crippen LogP contribution in [0, 0.1) is 19.7 Å². The number of carbonyl (C=O) groups excluding carboxylic acids is 3. The number of esters is 1. The highest BCUT2D eigenvalue weighted by molar-refractivity contribution is 6.04. The summed E-state index contributed by atoms with van der Waals surface area (Å²) in [6.45, 7) is 4.27. The first kappa shape index (κ1) is 16.6. The molecule has 0 unspecified atom stereocenters. The van der Waals surface area contributed by atoms with Crippen molar-refractivity contribution < 1.29 is 23.5 Å². The first-order chi connectivity index (χ1) is 10.8.